The number of ether oxygens (including phenoxy) is 1. The molecule has 7 nitrogen and oxygen atoms in total. The highest BCUT2D eigenvalue weighted by Gasteiger charge is 2.38. The number of carbonyl (C=O) groups excluding carboxylic acids is 2. The van der Waals surface area contributed by atoms with E-state index >= 15 is 0 Å². The van der Waals surface area contributed by atoms with Crippen LogP contribution in [0.15, 0.2) is 48.5 Å². The third-order valence-corrected chi connectivity index (χ3v) is 7.77. The van der Waals surface area contributed by atoms with Gasteiger partial charge in [0.15, 0.2) is 0 Å². The summed E-state index contributed by atoms with van der Waals surface area (Å²) in [7, 11) is 0. The molecule has 0 atom stereocenters. The quantitative estimate of drug-likeness (QED) is 0.326. The summed E-state index contributed by atoms with van der Waals surface area (Å²) in [5.41, 5.74) is -1.38. The van der Waals surface area contributed by atoms with Gasteiger partial charge in [0, 0.05) is 57.8 Å². The van der Waals surface area contributed by atoms with Crippen LogP contribution in [0.3, 0.4) is 0 Å². The average molecular weight is 621 g/mol. The number of pyridine rings is 1. The van der Waals surface area contributed by atoms with E-state index in [4.69, 9.17) is 9.72 Å². The van der Waals surface area contributed by atoms with Crippen molar-refractivity contribution in [2.75, 3.05) is 44.2 Å². The number of halogens is 6. The van der Waals surface area contributed by atoms with Crippen molar-refractivity contribution in [3.63, 3.8) is 0 Å². The highest BCUT2D eigenvalue weighted by Crippen LogP contribution is 2.39. The molecule has 3 heterocycles. The first-order valence-corrected chi connectivity index (χ1v) is 14.0. The maximum Gasteiger partial charge on any atom is 0.416 e. The van der Waals surface area contributed by atoms with Crippen LogP contribution in [0.1, 0.15) is 46.0 Å². The third-order valence-electron chi connectivity index (χ3n) is 7.77. The lowest BCUT2D eigenvalue weighted by atomic mass is 9.98. The number of rotatable bonds is 4. The van der Waals surface area contributed by atoms with Gasteiger partial charge in [0.2, 0.25) is 5.91 Å². The van der Waals surface area contributed by atoms with Crippen molar-refractivity contribution < 1.29 is 40.7 Å². The summed E-state index contributed by atoms with van der Waals surface area (Å²) in [6.45, 7) is 5.02. The molecule has 2 aromatic carbocycles. The van der Waals surface area contributed by atoms with Crippen molar-refractivity contribution in [2.45, 2.75) is 39.2 Å². The fourth-order valence-electron chi connectivity index (χ4n) is 5.45. The number of benzene rings is 2. The monoisotopic (exact) mass is 620 g/mol. The number of amides is 2. The molecule has 0 spiro atoms. The molecule has 1 saturated heterocycles. The van der Waals surface area contributed by atoms with Crippen LogP contribution in [0.5, 0.6) is 5.75 Å². The zero-order chi connectivity index (χ0) is 31.8. The molecule has 2 aliphatic rings. The Bertz CT molecular complexity index is 1530. The molecule has 0 unspecified atom stereocenters. The number of hydrogen-bond donors (Lipinski definition) is 0. The van der Waals surface area contributed by atoms with E-state index in [0.717, 1.165) is 5.56 Å². The van der Waals surface area contributed by atoms with E-state index in [-0.39, 0.29) is 42.0 Å². The second-order valence-electron chi connectivity index (χ2n) is 10.9. The van der Waals surface area contributed by atoms with E-state index in [9.17, 15) is 35.9 Å². The van der Waals surface area contributed by atoms with Crippen molar-refractivity contribution >= 4 is 17.6 Å². The van der Waals surface area contributed by atoms with Crippen molar-refractivity contribution in [2.24, 2.45) is 0 Å². The molecule has 3 aromatic rings. The van der Waals surface area contributed by atoms with Gasteiger partial charge in [-0.2, -0.15) is 26.3 Å². The van der Waals surface area contributed by atoms with E-state index in [2.05, 4.69) is 0 Å². The number of nitrogens with zero attached hydrogens (tertiary/aromatic N) is 4. The summed E-state index contributed by atoms with van der Waals surface area (Å²) in [5.74, 6) is 0.0905. The Morgan fingerprint density at radius 2 is 1.55 bits per heavy atom. The molecular formula is C31H30F6N4O3. The van der Waals surface area contributed by atoms with Crippen LogP contribution >= 0.6 is 0 Å². The van der Waals surface area contributed by atoms with Gasteiger partial charge in [0.1, 0.15) is 17.1 Å². The summed E-state index contributed by atoms with van der Waals surface area (Å²) in [5, 5.41) is 0. The fourth-order valence-corrected chi connectivity index (χ4v) is 5.45. The number of carbonyl (C=O) groups is 2. The first kappa shape index (κ1) is 31.1. The number of piperazine rings is 1. The van der Waals surface area contributed by atoms with Gasteiger partial charge < -0.3 is 19.4 Å². The van der Waals surface area contributed by atoms with Crippen LogP contribution in [0.25, 0.3) is 11.3 Å². The molecule has 44 heavy (non-hydrogen) atoms. The summed E-state index contributed by atoms with van der Waals surface area (Å²) < 4.78 is 87.3. The highest BCUT2D eigenvalue weighted by atomic mass is 19.4. The smallest absolute Gasteiger partial charge is 0.416 e. The SMILES string of the molecule is CC(=O)N1CCN(c2cc3c(c(-c4ccccc4C)n2)C(=O)N(Cc2cc(C(F)(F)F)cc(C(F)(F)F)c2)CCCO3)CC1. The zero-order valence-electron chi connectivity index (χ0n) is 24.1. The number of aryl methyl sites for hydroxylation is 1. The zero-order valence-corrected chi connectivity index (χ0v) is 24.1. The molecule has 0 bridgehead atoms. The molecule has 5 rings (SSSR count). The Hall–Kier alpha value is -4.29. The summed E-state index contributed by atoms with van der Waals surface area (Å²) >= 11 is 0. The van der Waals surface area contributed by atoms with E-state index in [1.807, 2.05) is 24.0 Å². The van der Waals surface area contributed by atoms with Crippen LogP contribution in [0, 0.1) is 6.92 Å². The Labute approximate surface area is 250 Å². The molecule has 0 aliphatic carbocycles. The van der Waals surface area contributed by atoms with Crippen LogP contribution in [0.4, 0.5) is 32.2 Å². The molecule has 13 heteroatoms. The molecule has 0 N–H and O–H groups in total. The largest absolute Gasteiger partial charge is 0.492 e. The minimum absolute atomic E-state index is 0.0338. The van der Waals surface area contributed by atoms with Crippen molar-refractivity contribution in [3.05, 3.63) is 76.3 Å². The second-order valence-corrected chi connectivity index (χ2v) is 10.9. The third kappa shape index (κ3) is 6.61. The predicted octanol–water partition coefficient (Wildman–Crippen LogP) is 6.19. The molecule has 2 amide bonds. The molecule has 1 aromatic heterocycles. The van der Waals surface area contributed by atoms with Gasteiger partial charge in [-0.1, -0.05) is 24.3 Å². The average Bonchev–Trinajstić information content (AvgIpc) is 2.96. The van der Waals surface area contributed by atoms with Crippen LogP contribution in [0.2, 0.25) is 0 Å². The number of anilines is 1. The van der Waals surface area contributed by atoms with Gasteiger partial charge in [-0.25, -0.2) is 4.98 Å². The van der Waals surface area contributed by atoms with Gasteiger partial charge >= 0.3 is 12.4 Å². The van der Waals surface area contributed by atoms with Crippen LogP contribution < -0.4 is 9.64 Å². The topological polar surface area (TPSA) is 66.0 Å². The Morgan fingerprint density at radius 1 is 0.909 bits per heavy atom. The first-order valence-electron chi connectivity index (χ1n) is 14.0. The molecule has 234 valence electrons. The predicted molar refractivity (Wildman–Crippen MR) is 150 cm³/mol. The molecular weight excluding hydrogens is 590 g/mol. The molecule has 1 fully saturated rings. The minimum Gasteiger partial charge on any atom is -0.492 e. The Balaban J connectivity index is 1.58. The first-order chi connectivity index (χ1) is 20.7. The lowest BCUT2D eigenvalue weighted by molar-refractivity contribution is -0.143. The Kier molecular flexibility index (Phi) is 8.50. The molecule has 0 saturated carbocycles. The minimum atomic E-state index is -5.01. The molecule has 0 radical (unpaired) electrons. The highest BCUT2D eigenvalue weighted by molar-refractivity contribution is 6.03. The second kappa shape index (κ2) is 12.0. The fraction of sp³-hybridized carbons (Fsp3) is 0.387. The summed E-state index contributed by atoms with van der Waals surface area (Å²) in [6.07, 6.45) is -9.72. The van der Waals surface area contributed by atoms with Crippen LogP contribution in [-0.4, -0.2) is 65.9 Å². The van der Waals surface area contributed by atoms with Gasteiger partial charge in [0.05, 0.1) is 23.4 Å². The van der Waals surface area contributed by atoms with Gasteiger partial charge in [-0.3, -0.25) is 9.59 Å². The van der Waals surface area contributed by atoms with Gasteiger partial charge in [-0.15, -0.1) is 0 Å². The van der Waals surface area contributed by atoms with Gasteiger partial charge in [0.25, 0.3) is 5.91 Å². The van der Waals surface area contributed by atoms with E-state index < -0.39 is 35.9 Å². The van der Waals surface area contributed by atoms with Crippen molar-refractivity contribution in [3.8, 4) is 17.0 Å². The van der Waals surface area contributed by atoms with E-state index in [1.54, 1.807) is 23.1 Å². The van der Waals surface area contributed by atoms with Crippen molar-refractivity contribution in [1.82, 2.24) is 14.8 Å². The lowest BCUT2D eigenvalue weighted by Crippen LogP contribution is -2.48. The van der Waals surface area contributed by atoms with E-state index in [1.165, 1.54) is 11.8 Å². The number of aromatic nitrogens is 1. The standard InChI is InChI=1S/C31H30F6N4O3/c1-19-6-3-4-7-24(19)28-27-25(17-26(38-28)40-11-9-39(10-12-40)20(2)42)44-13-5-8-41(29(27)43)18-21-14-22(30(32,33)34)16-23(15-21)31(35,36)37/h3-4,6-7,14-17H,5,8-13,18H2,1-2H3. The number of alkyl halides is 6. The molecule has 2 aliphatic heterocycles. The normalized spacial score (nSPS) is 16.3. The van der Waals surface area contributed by atoms with E-state index in [0.29, 0.717) is 61.8 Å². The lowest BCUT2D eigenvalue weighted by Gasteiger charge is -2.36. The Morgan fingerprint density at radius 3 is 2.14 bits per heavy atom. The maximum atomic E-state index is 14.2. The van der Waals surface area contributed by atoms with Gasteiger partial charge in [-0.05, 0) is 42.7 Å². The van der Waals surface area contributed by atoms with Crippen LogP contribution in [-0.2, 0) is 23.7 Å². The summed E-state index contributed by atoms with van der Waals surface area (Å²) in [4.78, 5) is 35.8. The maximum absolute atomic E-state index is 14.2. The number of hydrogen-bond acceptors (Lipinski definition) is 5. The summed E-state index contributed by atoms with van der Waals surface area (Å²) in [6, 6.07) is 10.2. The number of fused-ring (bicyclic) bond motifs is 1. The van der Waals surface area contributed by atoms with Crippen molar-refractivity contribution in [1.29, 1.82) is 0 Å².